The average molecular weight is 300 g/mol. The first-order chi connectivity index (χ1) is 10.6. The van der Waals surface area contributed by atoms with E-state index in [0.717, 1.165) is 31.9 Å². The first-order valence-electron chi connectivity index (χ1n) is 7.33. The highest BCUT2D eigenvalue weighted by Gasteiger charge is 2.14. The average Bonchev–Trinajstić information content (AvgIpc) is 2.96. The molecule has 1 aliphatic rings. The molecule has 0 bridgehead atoms. The largest absolute Gasteiger partial charge is 0.369 e. The second kappa shape index (κ2) is 6.15. The zero-order chi connectivity index (χ0) is 15.5. The van der Waals surface area contributed by atoms with Crippen LogP contribution in [0.15, 0.2) is 30.5 Å². The molecule has 1 aromatic carbocycles. The highest BCUT2D eigenvalue weighted by Crippen LogP contribution is 2.19. The third-order valence-corrected chi connectivity index (χ3v) is 3.83. The molecule has 1 fully saturated rings. The Balaban J connectivity index is 1.63. The van der Waals surface area contributed by atoms with Crippen LogP contribution in [0.4, 0.5) is 11.4 Å². The van der Waals surface area contributed by atoms with Crippen molar-refractivity contribution in [2.45, 2.75) is 0 Å². The molecule has 22 heavy (non-hydrogen) atoms. The smallest absolute Gasteiger partial charge is 0.277 e. The molecule has 0 spiro atoms. The van der Waals surface area contributed by atoms with E-state index < -0.39 is 0 Å². The van der Waals surface area contributed by atoms with Crippen LogP contribution in [0.25, 0.3) is 0 Å². The molecule has 0 unspecified atom stereocenters. The number of carbonyl (C=O) groups is 1. The maximum atomic E-state index is 12.0. The predicted octanol–water partition coefficient (Wildman–Crippen LogP) is 0.819. The van der Waals surface area contributed by atoms with Gasteiger partial charge in [0.25, 0.3) is 5.91 Å². The number of piperazine rings is 1. The SMILES string of the molecule is CN1CCN(c2ccc(NC(=O)c3cnn(C)n3)cc2)CC1. The molecule has 0 atom stereocenters. The summed E-state index contributed by atoms with van der Waals surface area (Å²) in [5.74, 6) is -0.250. The Kier molecular flexibility index (Phi) is 4.06. The molecule has 1 aliphatic heterocycles. The van der Waals surface area contributed by atoms with E-state index in [4.69, 9.17) is 0 Å². The third-order valence-electron chi connectivity index (χ3n) is 3.83. The molecular weight excluding hydrogens is 280 g/mol. The maximum absolute atomic E-state index is 12.0. The van der Waals surface area contributed by atoms with Gasteiger partial charge in [-0.25, -0.2) is 0 Å². The van der Waals surface area contributed by atoms with Crippen molar-refractivity contribution in [2.24, 2.45) is 7.05 Å². The van der Waals surface area contributed by atoms with Crippen molar-refractivity contribution >= 4 is 17.3 Å². The van der Waals surface area contributed by atoms with Gasteiger partial charge in [-0.15, -0.1) is 5.10 Å². The van der Waals surface area contributed by atoms with E-state index in [1.165, 1.54) is 16.7 Å². The molecule has 3 rings (SSSR count). The number of nitrogens with zero attached hydrogens (tertiary/aromatic N) is 5. The van der Waals surface area contributed by atoms with Crippen LogP contribution in [-0.4, -0.2) is 59.0 Å². The van der Waals surface area contributed by atoms with Gasteiger partial charge in [-0.1, -0.05) is 0 Å². The molecule has 0 saturated carbocycles. The van der Waals surface area contributed by atoms with Crippen LogP contribution < -0.4 is 10.2 Å². The van der Waals surface area contributed by atoms with Crippen LogP contribution in [0.2, 0.25) is 0 Å². The molecule has 2 heterocycles. The number of aromatic nitrogens is 3. The van der Waals surface area contributed by atoms with Gasteiger partial charge in [0.2, 0.25) is 0 Å². The molecule has 7 heteroatoms. The molecule has 1 amide bonds. The van der Waals surface area contributed by atoms with E-state index in [1.807, 2.05) is 24.3 Å². The summed E-state index contributed by atoms with van der Waals surface area (Å²) in [5.41, 5.74) is 2.25. The molecular formula is C15H20N6O. The molecule has 116 valence electrons. The summed E-state index contributed by atoms with van der Waals surface area (Å²) < 4.78 is 0. The minimum atomic E-state index is -0.250. The van der Waals surface area contributed by atoms with Gasteiger partial charge in [-0.2, -0.15) is 9.90 Å². The van der Waals surface area contributed by atoms with Crippen molar-refractivity contribution in [2.75, 3.05) is 43.4 Å². The topological polar surface area (TPSA) is 66.3 Å². The van der Waals surface area contributed by atoms with Crippen molar-refractivity contribution in [1.82, 2.24) is 19.9 Å². The molecule has 0 aliphatic carbocycles. The van der Waals surface area contributed by atoms with Gasteiger partial charge >= 0.3 is 0 Å². The number of rotatable bonds is 3. The minimum absolute atomic E-state index is 0.250. The third kappa shape index (κ3) is 3.25. The lowest BCUT2D eigenvalue weighted by molar-refractivity contribution is 0.102. The van der Waals surface area contributed by atoms with Gasteiger partial charge in [-0.3, -0.25) is 4.79 Å². The molecule has 1 N–H and O–H groups in total. The standard InChI is InChI=1S/C15H20N6O/c1-19-7-9-21(10-8-19)13-5-3-12(4-6-13)17-15(22)14-11-16-20(2)18-14/h3-6,11H,7-10H2,1-2H3,(H,17,22). The normalized spacial score (nSPS) is 15.8. The predicted molar refractivity (Wildman–Crippen MR) is 85.1 cm³/mol. The first kappa shape index (κ1) is 14.5. The fourth-order valence-electron chi connectivity index (χ4n) is 2.47. The molecule has 0 radical (unpaired) electrons. The van der Waals surface area contributed by atoms with Crippen molar-refractivity contribution in [1.29, 1.82) is 0 Å². The van der Waals surface area contributed by atoms with Crippen molar-refractivity contribution < 1.29 is 4.79 Å². The summed E-state index contributed by atoms with van der Waals surface area (Å²) in [6.45, 7) is 4.21. The van der Waals surface area contributed by atoms with Gasteiger partial charge in [0.05, 0.1) is 6.20 Å². The van der Waals surface area contributed by atoms with Crippen LogP contribution in [-0.2, 0) is 7.05 Å². The number of benzene rings is 1. The second-order valence-electron chi connectivity index (χ2n) is 5.51. The first-order valence-corrected chi connectivity index (χ1v) is 7.33. The lowest BCUT2D eigenvalue weighted by Gasteiger charge is -2.34. The number of aryl methyl sites for hydroxylation is 1. The number of likely N-dealkylation sites (N-methyl/N-ethyl adjacent to an activating group) is 1. The lowest BCUT2D eigenvalue weighted by atomic mass is 10.2. The fourth-order valence-corrected chi connectivity index (χ4v) is 2.47. The Morgan fingerprint density at radius 3 is 2.36 bits per heavy atom. The zero-order valence-electron chi connectivity index (χ0n) is 12.9. The Labute approximate surface area is 129 Å². The number of carbonyl (C=O) groups excluding carboxylic acids is 1. The minimum Gasteiger partial charge on any atom is -0.369 e. The van der Waals surface area contributed by atoms with Gasteiger partial charge in [0.15, 0.2) is 5.69 Å². The molecule has 7 nitrogen and oxygen atoms in total. The second-order valence-corrected chi connectivity index (χ2v) is 5.51. The van der Waals surface area contributed by atoms with Gasteiger partial charge in [0, 0.05) is 44.6 Å². The maximum Gasteiger partial charge on any atom is 0.277 e. The van der Waals surface area contributed by atoms with E-state index in [-0.39, 0.29) is 5.91 Å². The lowest BCUT2D eigenvalue weighted by Crippen LogP contribution is -2.44. The van der Waals surface area contributed by atoms with Crippen LogP contribution in [0.1, 0.15) is 10.5 Å². The molecule has 2 aromatic rings. The Hall–Kier alpha value is -2.41. The van der Waals surface area contributed by atoms with E-state index >= 15 is 0 Å². The van der Waals surface area contributed by atoms with E-state index in [1.54, 1.807) is 7.05 Å². The summed E-state index contributed by atoms with van der Waals surface area (Å²) in [7, 11) is 3.82. The van der Waals surface area contributed by atoms with Gasteiger partial charge in [-0.05, 0) is 31.3 Å². The summed E-state index contributed by atoms with van der Waals surface area (Å²) in [5, 5.41) is 10.7. The van der Waals surface area contributed by atoms with Crippen LogP contribution >= 0.6 is 0 Å². The monoisotopic (exact) mass is 300 g/mol. The van der Waals surface area contributed by atoms with Crippen LogP contribution in [0, 0.1) is 0 Å². The highest BCUT2D eigenvalue weighted by molar-refractivity contribution is 6.02. The Morgan fingerprint density at radius 1 is 1.09 bits per heavy atom. The number of hydrogen-bond acceptors (Lipinski definition) is 5. The Morgan fingerprint density at radius 2 is 1.77 bits per heavy atom. The van der Waals surface area contributed by atoms with Gasteiger partial charge < -0.3 is 15.1 Å². The van der Waals surface area contributed by atoms with Gasteiger partial charge in [0.1, 0.15) is 0 Å². The summed E-state index contributed by atoms with van der Waals surface area (Å²) in [6, 6.07) is 7.92. The number of anilines is 2. The summed E-state index contributed by atoms with van der Waals surface area (Å²) >= 11 is 0. The van der Waals surface area contributed by atoms with Crippen molar-refractivity contribution in [3.8, 4) is 0 Å². The van der Waals surface area contributed by atoms with E-state index in [2.05, 4.69) is 32.4 Å². The zero-order valence-corrected chi connectivity index (χ0v) is 12.9. The summed E-state index contributed by atoms with van der Waals surface area (Å²) in [6.07, 6.45) is 1.45. The van der Waals surface area contributed by atoms with Crippen molar-refractivity contribution in [3.05, 3.63) is 36.2 Å². The Bertz CT molecular complexity index is 642. The number of amides is 1. The van der Waals surface area contributed by atoms with E-state index in [9.17, 15) is 4.79 Å². The summed E-state index contributed by atoms with van der Waals surface area (Å²) in [4.78, 5) is 18.1. The molecule has 1 saturated heterocycles. The van der Waals surface area contributed by atoms with Crippen molar-refractivity contribution in [3.63, 3.8) is 0 Å². The van der Waals surface area contributed by atoms with Crippen LogP contribution in [0.3, 0.4) is 0 Å². The van der Waals surface area contributed by atoms with Crippen LogP contribution in [0.5, 0.6) is 0 Å². The molecule has 1 aromatic heterocycles. The highest BCUT2D eigenvalue weighted by atomic mass is 16.2. The van der Waals surface area contributed by atoms with E-state index in [0.29, 0.717) is 5.69 Å². The number of nitrogens with one attached hydrogen (secondary N) is 1. The number of hydrogen-bond donors (Lipinski definition) is 1. The fraction of sp³-hybridized carbons (Fsp3) is 0.400. The quantitative estimate of drug-likeness (QED) is 0.909.